The van der Waals surface area contributed by atoms with E-state index in [-0.39, 0.29) is 17.3 Å². The molecule has 0 spiro atoms. The molecule has 120 valence electrons. The molecule has 4 nitrogen and oxygen atoms in total. The maximum atomic E-state index is 12.7. The van der Waals surface area contributed by atoms with E-state index in [2.05, 4.69) is 5.32 Å². The molecule has 0 saturated carbocycles. The summed E-state index contributed by atoms with van der Waals surface area (Å²) in [5.41, 5.74) is 0.901. The maximum absolute atomic E-state index is 12.7. The number of nitrogens with one attached hydrogen (secondary N) is 1. The van der Waals surface area contributed by atoms with E-state index >= 15 is 0 Å². The Labute approximate surface area is 138 Å². The minimum Gasteiger partial charge on any atom is -0.319 e. The summed E-state index contributed by atoms with van der Waals surface area (Å²) in [5.74, 6) is 0.555. The summed E-state index contributed by atoms with van der Waals surface area (Å²) in [4.78, 5) is 0.228. The average Bonchev–Trinajstić information content (AvgIpc) is 2.42. The molecule has 7 heteroatoms. The number of sulfonamides is 1. The topological polar surface area (TPSA) is 49.4 Å². The van der Waals surface area contributed by atoms with Gasteiger partial charge in [-0.1, -0.05) is 17.7 Å². The van der Waals surface area contributed by atoms with Gasteiger partial charge in [0, 0.05) is 13.1 Å². The van der Waals surface area contributed by atoms with Crippen molar-refractivity contribution in [2.24, 2.45) is 5.92 Å². The molecule has 1 saturated heterocycles. The van der Waals surface area contributed by atoms with Crippen LogP contribution in [0.3, 0.4) is 0 Å². The maximum Gasteiger partial charge on any atom is 0.244 e. The zero-order chi connectivity index (χ0) is 14.8. The first-order valence-corrected chi connectivity index (χ1v) is 8.68. The highest BCUT2D eigenvalue weighted by atomic mass is 35.5. The molecule has 0 atom stereocenters. The molecule has 0 unspecified atom stereocenters. The number of hydrogen-bond acceptors (Lipinski definition) is 3. The fourth-order valence-corrected chi connectivity index (χ4v) is 4.62. The van der Waals surface area contributed by atoms with Crippen LogP contribution >= 0.6 is 24.0 Å². The molecule has 0 bridgehead atoms. The van der Waals surface area contributed by atoms with Crippen LogP contribution in [-0.2, 0) is 10.0 Å². The predicted octanol–water partition coefficient (Wildman–Crippen LogP) is 2.69. The Bertz CT molecular complexity index is 570. The Balaban J connectivity index is 0.00000220. The van der Waals surface area contributed by atoms with E-state index in [0.717, 1.165) is 24.9 Å². The van der Waals surface area contributed by atoms with Gasteiger partial charge >= 0.3 is 0 Å². The van der Waals surface area contributed by atoms with Crippen LogP contribution in [0.1, 0.15) is 18.4 Å². The summed E-state index contributed by atoms with van der Waals surface area (Å²) in [6, 6.07) is 5.12. The Morgan fingerprint density at radius 1 is 1.33 bits per heavy atom. The van der Waals surface area contributed by atoms with Crippen LogP contribution in [0.2, 0.25) is 5.02 Å². The fraction of sp³-hybridized carbons (Fsp3) is 0.571. The number of aryl methyl sites for hydroxylation is 1. The Morgan fingerprint density at radius 2 is 1.95 bits per heavy atom. The first-order chi connectivity index (χ1) is 9.45. The number of hydrogen-bond donors (Lipinski definition) is 1. The summed E-state index contributed by atoms with van der Waals surface area (Å²) in [6.07, 6.45) is 1.78. The molecule has 1 aliphatic heterocycles. The van der Waals surface area contributed by atoms with E-state index in [1.807, 2.05) is 20.0 Å². The fourth-order valence-electron chi connectivity index (χ4n) is 2.59. The molecule has 1 aromatic carbocycles. The van der Waals surface area contributed by atoms with Gasteiger partial charge in [-0.25, -0.2) is 8.42 Å². The molecule has 0 aliphatic carbocycles. The number of nitrogens with zero attached hydrogens (tertiary/aromatic N) is 1. The van der Waals surface area contributed by atoms with Gasteiger partial charge in [-0.2, -0.15) is 4.31 Å². The monoisotopic (exact) mass is 352 g/mol. The van der Waals surface area contributed by atoms with Gasteiger partial charge in [-0.3, -0.25) is 0 Å². The third kappa shape index (κ3) is 4.33. The number of halogens is 2. The molecule has 0 aromatic heterocycles. The summed E-state index contributed by atoms with van der Waals surface area (Å²) in [6.45, 7) is 3.95. The highest BCUT2D eigenvalue weighted by Crippen LogP contribution is 2.28. The standard InChI is InChI=1S/C14H21ClN2O2S.ClH/c1-11-3-4-13(15)14(9-11)20(18,19)17-7-5-12(6-8-17)10-16-2;/h3-4,9,12,16H,5-8,10H2,1-2H3;1H. The van der Waals surface area contributed by atoms with Crippen LogP contribution in [0, 0.1) is 12.8 Å². The molecule has 0 amide bonds. The van der Waals surface area contributed by atoms with Crippen LogP contribution in [0.25, 0.3) is 0 Å². The normalized spacial score (nSPS) is 17.5. The highest BCUT2D eigenvalue weighted by molar-refractivity contribution is 7.89. The second-order valence-corrected chi connectivity index (χ2v) is 7.65. The largest absolute Gasteiger partial charge is 0.319 e. The van der Waals surface area contributed by atoms with E-state index in [1.54, 1.807) is 16.4 Å². The number of rotatable bonds is 4. The van der Waals surface area contributed by atoms with Crippen molar-refractivity contribution in [1.82, 2.24) is 9.62 Å². The van der Waals surface area contributed by atoms with Crippen molar-refractivity contribution in [3.05, 3.63) is 28.8 Å². The van der Waals surface area contributed by atoms with Gasteiger partial charge in [0.2, 0.25) is 10.0 Å². The smallest absolute Gasteiger partial charge is 0.244 e. The van der Waals surface area contributed by atoms with Crippen LogP contribution in [0.4, 0.5) is 0 Å². The quantitative estimate of drug-likeness (QED) is 0.906. The van der Waals surface area contributed by atoms with Crippen molar-refractivity contribution in [2.75, 3.05) is 26.7 Å². The van der Waals surface area contributed by atoms with Crippen molar-refractivity contribution in [3.63, 3.8) is 0 Å². The van der Waals surface area contributed by atoms with Crippen LogP contribution < -0.4 is 5.32 Å². The Kier molecular flexibility index (Phi) is 6.94. The number of benzene rings is 1. The van der Waals surface area contributed by atoms with Gasteiger partial charge in [0.05, 0.1) is 5.02 Å². The minimum absolute atomic E-state index is 0. The molecule has 0 radical (unpaired) electrons. The summed E-state index contributed by atoms with van der Waals surface area (Å²) in [7, 11) is -1.55. The van der Waals surface area contributed by atoms with E-state index in [0.29, 0.717) is 24.0 Å². The van der Waals surface area contributed by atoms with Gasteiger partial charge in [0.25, 0.3) is 0 Å². The molecular weight excluding hydrogens is 331 g/mol. The molecule has 1 fully saturated rings. The predicted molar refractivity (Wildman–Crippen MR) is 88.8 cm³/mol. The first-order valence-electron chi connectivity index (χ1n) is 6.86. The average molecular weight is 353 g/mol. The Hall–Kier alpha value is -0.330. The molecular formula is C14H22Cl2N2O2S. The van der Waals surface area contributed by atoms with E-state index in [4.69, 9.17) is 11.6 Å². The Morgan fingerprint density at radius 3 is 2.52 bits per heavy atom. The van der Waals surface area contributed by atoms with Crippen molar-refractivity contribution < 1.29 is 8.42 Å². The molecule has 1 aromatic rings. The molecule has 21 heavy (non-hydrogen) atoms. The van der Waals surface area contributed by atoms with Crippen molar-refractivity contribution >= 4 is 34.0 Å². The summed E-state index contributed by atoms with van der Waals surface area (Å²) < 4.78 is 26.9. The summed E-state index contributed by atoms with van der Waals surface area (Å²) in [5, 5.41) is 3.45. The van der Waals surface area contributed by atoms with E-state index in [9.17, 15) is 8.42 Å². The number of piperidine rings is 1. The van der Waals surface area contributed by atoms with Crippen molar-refractivity contribution in [1.29, 1.82) is 0 Å². The lowest BCUT2D eigenvalue weighted by molar-refractivity contribution is 0.270. The van der Waals surface area contributed by atoms with Gasteiger partial charge < -0.3 is 5.32 Å². The third-order valence-corrected chi connectivity index (χ3v) is 6.15. The minimum atomic E-state index is -3.47. The van der Waals surface area contributed by atoms with Gasteiger partial charge in [-0.15, -0.1) is 12.4 Å². The molecule has 2 rings (SSSR count). The zero-order valence-electron chi connectivity index (χ0n) is 12.3. The van der Waals surface area contributed by atoms with Crippen LogP contribution in [0.5, 0.6) is 0 Å². The lowest BCUT2D eigenvalue weighted by atomic mass is 9.98. The van der Waals surface area contributed by atoms with Gasteiger partial charge in [-0.05, 0) is 57.0 Å². The van der Waals surface area contributed by atoms with Crippen LogP contribution in [0.15, 0.2) is 23.1 Å². The first kappa shape index (κ1) is 18.7. The second-order valence-electron chi connectivity index (χ2n) is 5.34. The highest BCUT2D eigenvalue weighted by Gasteiger charge is 2.30. The SMILES string of the molecule is CNCC1CCN(S(=O)(=O)c2cc(C)ccc2Cl)CC1.Cl. The van der Waals surface area contributed by atoms with Crippen LogP contribution in [-0.4, -0.2) is 39.4 Å². The zero-order valence-corrected chi connectivity index (χ0v) is 14.7. The van der Waals surface area contributed by atoms with Gasteiger partial charge in [0.1, 0.15) is 4.90 Å². The lowest BCUT2D eigenvalue weighted by Crippen LogP contribution is -2.40. The van der Waals surface area contributed by atoms with E-state index in [1.165, 1.54) is 0 Å². The summed E-state index contributed by atoms with van der Waals surface area (Å²) >= 11 is 6.06. The molecule has 1 heterocycles. The molecule has 1 N–H and O–H groups in total. The third-order valence-electron chi connectivity index (χ3n) is 3.77. The second kappa shape index (κ2) is 7.79. The van der Waals surface area contributed by atoms with Gasteiger partial charge in [0.15, 0.2) is 0 Å². The van der Waals surface area contributed by atoms with Crippen molar-refractivity contribution in [3.8, 4) is 0 Å². The van der Waals surface area contributed by atoms with E-state index < -0.39 is 10.0 Å². The molecule has 1 aliphatic rings. The van der Waals surface area contributed by atoms with Crippen molar-refractivity contribution in [2.45, 2.75) is 24.7 Å². The lowest BCUT2D eigenvalue weighted by Gasteiger charge is -2.31.